The summed E-state index contributed by atoms with van der Waals surface area (Å²) in [6.45, 7) is 5.20. The number of aromatic nitrogens is 1. The Labute approximate surface area is 133 Å². The maximum absolute atomic E-state index is 11.3. The van der Waals surface area contributed by atoms with Crippen molar-refractivity contribution in [3.05, 3.63) is 40.4 Å². The zero-order valence-corrected chi connectivity index (χ0v) is 13.3. The van der Waals surface area contributed by atoms with Gasteiger partial charge >= 0.3 is 0 Å². The molecule has 0 atom stereocenters. The molecule has 0 N–H and O–H groups in total. The van der Waals surface area contributed by atoms with Crippen LogP contribution < -0.4 is 9.80 Å². The van der Waals surface area contributed by atoms with Crippen LogP contribution in [0, 0.1) is 0 Å². The third kappa shape index (κ3) is 3.19. The molecule has 1 aliphatic heterocycles. The third-order valence-corrected chi connectivity index (χ3v) is 4.71. The molecule has 21 heavy (non-hydrogen) atoms. The molecule has 0 radical (unpaired) electrons. The number of carbonyl (C=O) groups is 1. The summed E-state index contributed by atoms with van der Waals surface area (Å²) in [6, 6.07) is 7.94. The number of nitrogens with zero attached hydrogens (tertiary/aromatic N) is 3. The van der Waals surface area contributed by atoms with Crippen molar-refractivity contribution in [3.63, 3.8) is 0 Å². The number of hydrogen-bond donors (Lipinski definition) is 0. The number of rotatable bonds is 3. The van der Waals surface area contributed by atoms with Gasteiger partial charge in [-0.25, -0.2) is 4.98 Å². The minimum Gasteiger partial charge on any atom is -0.368 e. The van der Waals surface area contributed by atoms with Crippen LogP contribution in [0.15, 0.2) is 29.6 Å². The molecule has 1 aromatic carbocycles. The van der Waals surface area contributed by atoms with Crippen molar-refractivity contribution in [2.75, 3.05) is 36.0 Å². The Kier molecular flexibility index (Phi) is 4.12. The van der Waals surface area contributed by atoms with E-state index >= 15 is 0 Å². The van der Waals surface area contributed by atoms with Gasteiger partial charge in [0.2, 0.25) is 0 Å². The molecule has 0 unspecified atom stereocenters. The molecule has 3 rings (SSSR count). The predicted octanol–water partition coefficient (Wildman–Crippen LogP) is 3.33. The summed E-state index contributed by atoms with van der Waals surface area (Å²) in [4.78, 5) is 20.3. The first-order valence-electron chi connectivity index (χ1n) is 6.85. The van der Waals surface area contributed by atoms with Gasteiger partial charge in [-0.05, 0) is 18.2 Å². The highest BCUT2D eigenvalue weighted by Gasteiger charge is 2.20. The molecule has 1 saturated heterocycles. The molecule has 4 nitrogen and oxygen atoms in total. The van der Waals surface area contributed by atoms with Gasteiger partial charge < -0.3 is 9.80 Å². The lowest BCUT2D eigenvalue weighted by molar-refractivity contribution is 0.101. The highest BCUT2D eigenvalue weighted by molar-refractivity contribution is 7.13. The summed E-state index contributed by atoms with van der Waals surface area (Å²) in [5.41, 5.74) is 1.72. The summed E-state index contributed by atoms with van der Waals surface area (Å²) in [5, 5.41) is 3.54. The van der Waals surface area contributed by atoms with Crippen LogP contribution in [0.2, 0.25) is 5.02 Å². The number of ketones is 1. The second kappa shape index (κ2) is 6.03. The van der Waals surface area contributed by atoms with Gasteiger partial charge in [-0.1, -0.05) is 17.7 Å². The maximum Gasteiger partial charge on any atom is 0.186 e. The van der Waals surface area contributed by atoms with Gasteiger partial charge in [-0.3, -0.25) is 4.79 Å². The number of anilines is 2. The molecule has 110 valence electrons. The molecule has 0 aliphatic carbocycles. The topological polar surface area (TPSA) is 36.4 Å². The Morgan fingerprint density at radius 2 is 1.95 bits per heavy atom. The van der Waals surface area contributed by atoms with E-state index in [4.69, 9.17) is 11.6 Å². The van der Waals surface area contributed by atoms with Gasteiger partial charge in [-0.2, -0.15) is 0 Å². The van der Waals surface area contributed by atoms with Crippen molar-refractivity contribution in [2.45, 2.75) is 6.92 Å². The van der Waals surface area contributed by atoms with Crippen molar-refractivity contribution in [3.8, 4) is 0 Å². The fraction of sp³-hybridized carbons (Fsp3) is 0.333. The monoisotopic (exact) mass is 321 g/mol. The number of hydrogen-bond acceptors (Lipinski definition) is 5. The van der Waals surface area contributed by atoms with Gasteiger partial charge in [0.05, 0.1) is 0 Å². The molecule has 0 bridgehead atoms. The lowest BCUT2D eigenvalue weighted by atomic mass is 10.2. The van der Waals surface area contributed by atoms with E-state index in [1.165, 1.54) is 11.3 Å². The van der Waals surface area contributed by atoms with Crippen LogP contribution in [-0.4, -0.2) is 36.9 Å². The average molecular weight is 322 g/mol. The van der Waals surface area contributed by atoms with E-state index in [0.29, 0.717) is 5.69 Å². The van der Waals surface area contributed by atoms with E-state index in [2.05, 4.69) is 20.9 Å². The van der Waals surface area contributed by atoms with E-state index in [-0.39, 0.29) is 5.78 Å². The summed E-state index contributed by atoms with van der Waals surface area (Å²) < 4.78 is 0. The highest BCUT2D eigenvalue weighted by atomic mass is 35.5. The van der Waals surface area contributed by atoms with Crippen LogP contribution in [0.3, 0.4) is 0 Å². The third-order valence-electron chi connectivity index (χ3n) is 3.58. The smallest absolute Gasteiger partial charge is 0.186 e. The minimum absolute atomic E-state index is 0.0232. The van der Waals surface area contributed by atoms with Crippen molar-refractivity contribution in [1.82, 2.24) is 4.98 Å². The van der Waals surface area contributed by atoms with Gasteiger partial charge in [0.1, 0.15) is 5.69 Å². The number of benzene rings is 1. The van der Waals surface area contributed by atoms with Crippen molar-refractivity contribution < 1.29 is 4.79 Å². The summed E-state index contributed by atoms with van der Waals surface area (Å²) in [6.07, 6.45) is 0. The molecule has 1 aromatic heterocycles. The van der Waals surface area contributed by atoms with Crippen LogP contribution in [-0.2, 0) is 0 Å². The molecule has 0 saturated carbocycles. The molecule has 2 aromatic rings. The van der Waals surface area contributed by atoms with E-state index in [0.717, 1.165) is 42.0 Å². The summed E-state index contributed by atoms with van der Waals surface area (Å²) in [5.74, 6) is 0.0232. The molecule has 6 heteroatoms. The first-order valence-corrected chi connectivity index (χ1v) is 8.11. The molecule has 1 fully saturated rings. The van der Waals surface area contributed by atoms with Gasteiger partial charge in [-0.15, -0.1) is 11.3 Å². The van der Waals surface area contributed by atoms with E-state index < -0.39 is 0 Å². The Morgan fingerprint density at radius 3 is 2.57 bits per heavy atom. The highest BCUT2D eigenvalue weighted by Crippen LogP contribution is 2.25. The Bertz CT molecular complexity index is 650. The second-order valence-corrected chi connectivity index (χ2v) is 6.30. The molecule has 0 amide bonds. The number of carbonyl (C=O) groups excluding carboxylic acids is 1. The van der Waals surface area contributed by atoms with Crippen LogP contribution in [0.5, 0.6) is 0 Å². The van der Waals surface area contributed by atoms with Crippen LogP contribution >= 0.6 is 22.9 Å². The Morgan fingerprint density at radius 1 is 1.24 bits per heavy atom. The fourth-order valence-electron chi connectivity index (χ4n) is 2.40. The predicted molar refractivity (Wildman–Crippen MR) is 88.0 cm³/mol. The van der Waals surface area contributed by atoms with Gasteiger partial charge in [0.25, 0.3) is 0 Å². The van der Waals surface area contributed by atoms with Gasteiger partial charge in [0.15, 0.2) is 10.9 Å². The maximum atomic E-state index is 11.3. The Hall–Kier alpha value is -1.59. The molecule has 0 spiro atoms. The van der Waals surface area contributed by atoms with Gasteiger partial charge in [0, 0.05) is 49.2 Å². The Balaban J connectivity index is 1.66. The zero-order valence-electron chi connectivity index (χ0n) is 11.8. The van der Waals surface area contributed by atoms with Crippen molar-refractivity contribution in [1.29, 1.82) is 0 Å². The van der Waals surface area contributed by atoms with Crippen molar-refractivity contribution >= 4 is 39.5 Å². The molecular weight excluding hydrogens is 306 g/mol. The zero-order chi connectivity index (χ0) is 14.8. The van der Waals surface area contributed by atoms with Crippen LogP contribution in [0.1, 0.15) is 17.4 Å². The molecule has 1 aliphatic rings. The molecule has 2 heterocycles. The van der Waals surface area contributed by atoms with E-state index in [9.17, 15) is 4.79 Å². The van der Waals surface area contributed by atoms with Crippen LogP contribution in [0.4, 0.5) is 10.8 Å². The summed E-state index contributed by atoms with van der Waals surface area (Å²) >= 11 is 7.58. The number of piperazine rings is 1. The first-order chi connectivity index (χ1) is 10.1. The lowest BCUT2D eigenvalue weighted by Crippen LogP contribution is -2.46. The standard InChI is InChI=1S/C15H16ClN3OS/c1-11(20)14-10-21-15(17-14)19-7-5-18(6-8-19)13-4-2-3-12(16)9-13/h2-4,9-10H,5-8H2,1H3. The van der Waals surface area contributed by atoms with Crippen LogP contribution in [0.25, 0.3) is 0 Å². The normalized spacial score (nSPS) is 15.3. The first kappa shape index (κ1) is 14.4. The van der Waals surface area contributed by atoms with E-state index in [1.54, 1.807) is 6.92 Å². The van der Waals surface area contributed by atoms with Crippen molar-refractivity contribution in [2.24, 2.45) is 0 Å². The minimum atomic E-state index is 0.0232. The lowest BCUT2D eigenvalue weighted by Gasteiger charge is -2.36. The fourth-order valence-corrected chi connectivity index (χ4v) is 3.50. The quantitative estimate of drug-likeness (QED) is 0.813. The largest absolute Gasteiger partial charge is 0.368 e. The SMILES string of the molecule is CC(=O)c1csc(N2CCN(c3cccc(Cl)c3)CC2)n1. The second-order valence-electron chi connectivity index (χ2n) is 5.03. The van der Waals surface area contributed by atoms with E-state index in [1.807, 2.05) is 23.6 Å². The summed E-state index contributed by atoms with van der Waals surface area (Å²) in [7, 11) is 0. The number of thiazole rings is 1. The average Bonchev–Trinajstić information content (AvgIpc) is 2.97. The number of Topliss-reactive ketones (excluding diaryl/α,β-unsaturated/α-hetero) is 1. The molecular formula is C15H16ClN3OS. The number of halogens is 1.